The van der Waals surface area contributed by atoms with E-state index in [9.17, 15) is 0 Å². The maximum absolute atomic E-state index is 5.50. The molecule has 0 aliphatic rings. The average molecular weight is 246 g/mol. The largest absolute Gasteiger partial charge is 0.490 e. The molecule has 0 atom stereocenters. The van der Waals surface area contributed by atoms with Gasteiger partial charge >= 0.3 is 0 Å². The number of ether oxygens (including phenoxy) is 1. The molecule has 2 N–H and O–H groups in total. The highest BCUT2D eigenvalue weighted by molar-refractivity contribution is 5.49. The first-order valence-corrected chi connectivity index (χ1v) is 6.20. The number of H-pyrrole nitrogens is 1. The Morgan fingerprint density at radius 3 is 3.06 bits per heavy atom. The van der Waals surface area contributed by atoms with Crippen molar-refractivity contribution in [3.63, 3.8) is 0 Å². The van der Waals surface area contributed by atoms with Gasteiger partial charge in [-0.15, -0.1) is 0 Å². The second-order valence-electron chi connectivity index (χ2n) is 3.85. The SMILES string of the molecule is CCOc1cccnc1NCCCc1ncc[nH]1. The molecule has 0 saturated carbocycles. The summed E-state index contributed by atoms with van der Waals surface area (Å²) in [6.07, 6.45) is 7.30. The first-order valence-electron chi connectivity index (χ1n) is 6.20. The number of nitrogens with zero attached hydrogens (tertiary/aromatic N) is 2. The van der Waals surface area contributed by atoms with Gasteiger partial charge in [-0.2, -0.15) is 0 Å². The number of nitrogens with one attached hydrogen (secondary N) is 2. The third-order valence-electron chi connectivity index (χ3n) is 2.51. The molecule has 5 nitrogen and oxygen atoms in total. The molecule has 0 amide bonds. The minimum atomic E-state index is 0.646. The number of rotatable bonds is 7. The third kappa shape index (κ3) is 3.48. The zero-order valence-corrected chi connectivity index (χ0v) is 10.5. The number of aryl methyl sites for hydroxylation is 1. The van der Waals surface area contributed by atoms with E-state index in [1.54, 1.807) is 12.4 Å². The lowest BCUT2D eigenvalue weighted by molar-refractivity contribution is 0.340. The number of imidazole rings is 1. The smallest absolute Gasteiger partial charge is 0.168 e. The number of hydrogen-bond acceptors (Lipinski definition) is 4. The molecule has 0 fully saturated rings. The summed E-state index contributed by atoms with van der Waals surface area (Å²) in [4.78, 5) is 11.5. The molecule has 2 rings (SSSR count). The Balaban J connectivity index is 1.79. The molecule has 18 heavy (non-hydrogen) atoms. The fourth-order valence-corrected chi connectivity index (χ4v) is 1.69. The van der Waals surface area contributed by atoms with Gasteiger partial charge in [0, 0.05) is 31.6 Å². The maximum Gasteiger partial charge on any atom is 0.168 e. The Kier molecular flexibility index (Phi) is 4.58. The van der Waals surface area contributed by atoms with Crippen LogP contribution in [0.1, 0.15) is 19.2 Å². The second kappa shape index (κ2) is 6.64. The van der Waals surface area contributed by atoms with Crippen LogP contribution in [0.5, 0.6) is 5.75 Å². The zero-order chi connectivity index (χ0) is 12.6. The highest BCUT2D eigenvalue weighted by Crippen LogP contribution is 2.20. The monoisotopic (exact) mass is 246 g/mol. The van der Waals surface area contributed by atoms with Crippen LogP contribution in [-0.2, 0) is 6.42 Å². The first kappa shape index (κ1) is 12.4. The highest BCUT2D eigenvalue weighted by Gasteiger charge is 2.02. The summed E-state index contributed by atoms with van der Waals surface area (Å²) in [5.41, 5.74) is 0. The minimum Gasteiger partial charge on any atom is -0.490 e. The Morgan fingerprint density at radius 2 is 2.28 bits per heavy atom. The number of pyridine rings is 1. The highest BCUT2D eigenvalue weighted by atomic mass is 16.5. The van der Waals surface area contributed by atoms with Gasteiger partial charge in [0.2, 0.25) is 0 Å². The molecule has 0 aromatic carbocycles. The van der Waals surface area contributed by atoms with E-state index in [0.717, 1.165) is 36.8 Å². The lowest BCUT2D eigenvalue weighted by Gasteiger charge is -2.10. The minimum absolute atomic E-state index is 0.646. The summed E-state index contributed by atoms with van der Waals surface area (Å²) in [6.45, 7) is 3.46. The third-order valence-corrected chi connectivity index (χ3v) is 2.51. The summed E-state index contributed by atoms with van der Waals surface area (Å²) in [7, 11) is 0. The van der Waals surface area contributed by atoms with E-state index in [-0.39, 0.29) is 0 Å². The summed E-state index contributed by atoms with van der Waals surface area (Å²) in [6, 6.07) is 3.80. The maximum atomic E-state index is 5.50. The number of aromatic nitrogens is 3. The molecule has 5 heteroatoms. The van der Waals surface area contributed by atoms with E-state index in [4.69, 9.17) is 4.74 Å². The van der Waals surface area contributed by atoms with Crippen LogP contribution in [0.2, 0.25) is 0 Å². The van der Waals surface area contributed by atoms with E-state index in [2.05, 4.69) is 20.3 Å². The molecule has 96 valence electrons. The molecule has 0 saturated heterocycles. The van der Waals surface area contributed by atoms with Crippen LogP contribution in [0.4, 0.5) is 5.82 Å². The van der Waals surface area contributed by atoms with Crippen molar-refractivity contribution in [2.45, 2.75) is 19.8 Å². The molecular weight excluding hydrogens is 228 g/mol. The van der Waals surface area contributed by atoms with E-state index < -0.39 is 0 Å². The van der Waals surface area contributed by atoms with Crippen molar-refractivity contribution in [3.8, 4) is 5.75 Å². The van der Waals surface area contributed by atoms with Gasteiger partial charge in [0.1, 0.15) is 5.82 Å². The standard InChI is InChI=1S/C13H18N4O/c1-2-18-11-5-3-7-16-13(11)17-8-4-6-12-14-9-10-15-12/h3,5,7,9-10H,2,4,6,8H2,1H3,(H,14,15)(H,16,17). The number of aromatic amines is 1. The molecule has 2 aromatic rings. The molecule has 0 spiro atoms. The molecule has 0 unspecified atom stereocenters. The van der Waals surface area contributed by atoms with Gasteiger partial charge in [0.15, 0.2) is 11.6 Å². The van der Waals surface area contributed by atoms with Gasteiger partial charge in [0.05, 0.1) is 6.61 Å². The summed E-state index contributed by atoms with van der Waals surface area (Å²) in [5.74, 6) is 2.62. The van der Waals surface area contributed by atoms with E-state index >= 15 is 0 Å². The van der Waals surface area contributed by atoms with Gasteiger partial charge in [-0.1, -0.05) is 0 Å². The van der Waals surface area contributed by atoms with Crippen LogP contribution >= 0.6 is 0 Å². The van der Waals surface area contributed by atoms with E-state index in [1.807, 2.05) is 25.3 Å². The predicted molar refractivity (Wildman–Crippen MR) is 70.8 cm³/mol. The van der Waals surface area contributed by atoms with Crippen molar-refractivity contribution < 1.29 is 4.74 Å². The van der Waals surface area contributed by atoms with Crippen LogP contribution in [0.25, 0.3) is 0 Å². The van der Waals surface area contributed by atoms with Gasteiger partial charge in [-0.3, -0.25) is 0 Å². The van der Waals surface area contributed by atoms with Crippen molar-refractivity contribution in [1.29, 1.82) is 0 Å². The molecule has 2 heterocycles. The summed E-state index contributed by atoms with van der Waals surface area (Å²) in [5, 5.41) is 3.28. The average Bonchev–Trinajstić information content (AvgIpc) is 2.90. The predicted octanol–water partition coefficient (Wildman–Crippen LogP) is 2.25. The van der Waals surface area contributed by atoms with E-state index in [1.165, 1.54) is 0 Å². The molecule has 2 aromatic heterocycles. The Hall–Kier alpha value is -2.04. The van der Waals surface area contributed by atoms with Crippen molar-refractivity contribution in [3.05, 3.63) is 36.5 Å². The van der Waals surface area contributed by atoms with Crippen molar-refractivity contribution in [2.24, 2.45) is 0 Å². The molecule has 0 bridgehead atoms. The fourth-order valence-electron chi connectivity index (χ4n) is 1.69. The van der Waals surface area contributed by atoms with Gasteiger partial charge < -0.3 is 15.0 Å². The van der Waals surface area contributed by atoms with Crippen molar-refractivity contribution in [2.75, 3.05) is 18.5 Å². The Labute approximate surface area is 107 Å². The summed E-state index contributed by atoms with van der Waals surface area (Å²) < 4.78 is 5.50. The number of hydrogen-bond donors (Lipinski definition) is 2. The second-order valence-corrected chi connectivity index (χ2v) is 3.85. The lowest BCUT2D eigenvalue weighted by atomic mass is 10.3. The topological polar surface area (TPSA) is 62.8 Å². The molecule has 0 aliphatic heterocycles. The first-order chi connectivity index (χ1) is 8.90. The van der Waals surface area contributed by atoms with Crippen LogP contribution in [0.15, 0.2) is 30.7 Å². The van der Waals surface area contributed by atoms with Crippen LogP contribution < -0.4 is 10.1 Å². The molecule has 0 radical (unpaired) electrons. The van der Waals surface area contributed by atoms with E-state index in [0.29, 0.717) is 6.61 Å². The zero-order valence-electron chi connectivity index (χ0n) is 10.5. The van der Waals surface area contributed by atoms with Crippen molar-refractivity contribution in [1.82, 2.24) is 15.0 Å². The van der Waals surface area contributed by atoms with Crippen molar-refractivity contribution >= 4 is 5.82 Å². The molecule has 0 aliphatic carbocycles. The van der Waals surface area contributed by atoms with Gasteiger partial charge in [-0.05, 0) is 25.5 Å². The van der Waals surface area contributed by atoms with Crippen LogP contribution in [0, 0.1) is 0 Å². The lowest BCUT2D eigenvalue weighted by Crippen LogP contribution is -2.07. The van der Waals surface area contributed by atoms with Gasteiger partial charge in [0.25, 0.3) is 0 Å². The Morgan fingerprint density at radius 1 is 1.33 bits per heavy atom. The summed E-state index contributed by atoms with van der Waals surface area (Å²) >= 11 is 0. The Bertz CT molecular complexity index is 456. The molecular formula is C13H18N4O. The quantitative estimate of drug-likeness (QED) is 0.735. The van der Waals surface area contributed by atoms with Crippen LogP contribution in [-0.4, -0.2) is 28.1 Å². The van der Waals surface area contributed by atoms with Crippen LogP contribution in [0.3, 0.4) is 0 Å². The fraction of sp³-hybridized carbons (Fsp3) is 0.385. The van der Waals surface area contributed by atoms with Gasteiger partial charge in [-0.25, -0.2) is 9.97 Å². The number of anilines is 1. The normalized spacial score (nSPS) is 10.3.